The molecular formula is C15H24N2O2. The van der Waals surface area contributed by atoms with Gasteiger partial charge in [-0.05, 0) is 58.0 Å². The highest BCUT2D eigenvalue weighted by Crippen LogP contribution is 2.45. The third-order valence-corrected chi connectivity index (χ3v) is 6.12. The molecule has 0 aromatic carbocycles. The summed E-state index contributed by atoms with van der Waals surface area (Å²) in [5, 5.41) is 9.37. The van der Waals surface area contributed by atoms with Gasteiger partial charge in [-0.1, -0.05) is 0 Å². The predicted octanol–water partition coefficient (Wildman–Crippen LogP) is 1.55. The molecular weight excluding hydrogens is 240 g/mol. The van der Waals surface area contributed by atoms with Gasteiger partial charge < -0.3 is 10.0 Å². The Morgan fingerprint density at radius 2 is 1.79 bits per heavy atom. The molecule has 4 nitrogen and oxygen atoms in total. The highest BCUT2D eigenvalue weighted by atomic mass is 16.4. The van der Waals surface area contributed by atoms with Gasteiger partial charge in [0.1, 0.15) is 0 Å². The van der Waals surface area contributed by atoms with Gasteiger partial charge in [-0.15, -0.1) is 0 Å². The Hall–Kier alpha value is -0.610. The first kappa shape index (κ1) is 12.2. The van der Waals surface area contributed by atoms with Crippen LogP contribution in [-0.4, -0.2) is 58.1 Å². The predicted molar refractivity (Wildman–Crippen MR) is 72.0 cm³/mol. The maximum Gasteiger partial charge on any atom is 0.308 e. The number of hydrogen-bond donors (Lipinski definition) is 1. The Bertz CT molecular complexity index is 386. The van der Waals surface area contributed by atoms with Crippen LogP contribution in [0.4, 0.5) is 0 Å². The molecule has 4 fully saturated rings. The largest absolute Gasteiger partial charge is 0.481 e. The van der Waals surface area contributed by atoms with Gasteiger partial charge in [0, 0.05) is 24.2 Å². The molecule has 4 rings (SSSR count). The van der Waals surface area contributed by atoms with Gasteiger partial charge in [-0.2, -0.15) is 0 Å². The second kappa shape index (κ2) is 4.45. The molecule has 0 amide bonds. The summed E-state index contributed by atoms with van der Waals surface area (Å²) >= 11 is 0. The Morgan fingerprint density at radius 3 is 2.58 bits per heavy atom. The van der Waals surface area contributed by atoms with Gasteiger partial charge in [0.25, 0.3) is 0 Å². The fraction of sp³-hybridized carbons (Fsp3) is 0.933. The van der Waals surface area contributed by atoms with E-state index >= 15 is 0 Å². The summed E-state index contributed by atoms with van der Waals surface area (Å²) in [6, 6.07) is 2.38. The van der Waals surface area contributed by atoms with E-state index in [1.54, 1.807) is 0 Å². The van der Waals surface area contributed by atoms with Gasteiger partial charge in [0.05, 0.1) is 5.92 Å². The molecule has 0 spiro atoms. The topological polar surface area (TPSA) is 43.8 Å². The summed E-state index contributed by atoms with van der Waals surface area (Å²) in [7, 11) is 0. The smallest absolute Gasteiger partial charge is 0.308 e. The van der Waals surface area contributed by atoms with Crippen LogP contribution in [0.1, 0.15) is 44.9 Å². The molecule has 0 aromatic rings. The van der Waals surface area contributed by atoms with Crippen molar-refractivity contribution < 1.29 is 9.90 Å². The quantitative estimate of drug-likeness (QED) is 0.822. The van der Waals surface area contributed by atoms with Crippen LogP contribution in [0.15, 0.2) is 0 Å². The van der Waals surface area contributed by atoms with E-state index < -0.39 is 5.97 Å². The van der Waals surface area contributed by atoms with Crippen LogP contribution in [0.3, 0.4) is 0 Å². The van der Waals surface area contributed by atoms with E-state index in [1.165, 1.54) is 45.2 Å². The maximum atomic E-state index is 11.4. The fourth-order valence-corrected chi connectivity index (χ4v) is 5.34. The SMILES string of the molecule is O=C(O)C1CC2CCC1N2C1CCN2CCCC2C1. The van der Waals surface area contributed by atoms with Crippen LogP contribution in [0.5, 0.6) is 0 Å². The van der Waals surface area contributed by atoms with Crippen LogP contribution < -0.4 is 0 Å². The number of carboxylic acid groups (broad SMARTS) is 1. The summed E-state index contributed by atoms with van der Waals surface area (Å²) in [5.41, 5.74) is 0. The standard InChI is InChI=1S/C15H24N2O2/c18-15(19)13-9-11-3-4-14(13)17(11)12-5-7-16-6-1-2-10(16)8-12/h10-14H,1-9H2,(H,18,19). The zero-order valence-corrected chi connectivity index (χ0v) is 11.5. The minimum absolute atomic E-state index is 0.0830. The van der Waals surface area contributed by atoms with Crippen LogP contribution in [0.2, 0.25) is 0 Å². The van der Waals surface area contributed by atoms with E-state index in [0.717, 1.165) is 18.9 Å². The van der Waals surface area contributed by atoms with Gasteiger partial charge >= 0.3 is 5.97 Å². The molecule has 4 heterocycles. The minimum atomic E-state index is -0.560. The third-order valence-electron chi connectivity index (χ3n) is 6.12. The molecule has 106 valence electrons. The Kier molecular flexibility index (Phi) is 2.85. The van der Waals surface area contributed by atoms with Crippen LogP contribution in [0.25, 0.3) is 0 Å². The first-order valence-corrected chi connectivity index (χ1v) is 7.98. The number of hydrogen-bond acceptors (Lipinski definition) is 3. The van der Waals surface area contributed by atoms with Crippen molar-refractivity contribution in [3.63, 3.8) is 0 Å². The van der Waals surface area contributed by atoms with Gasteiger partial charge in [-0.3, -0.25) is 9.69 Å². The zero-order valence-electron chi connectivity index (χ0n) is 11.5. The first-order chi connectivity index (χ1) is 9.24. The summed E-state index contributed by atoms with van der Waals surface area (Å²) in [6.45, 7) is 2.53. The number of fused-ring (bicyclic) bond motifs is 3. The number of piperidine rings is 1. The summed E-state index contributed by atoms with van der Waals surface area (Å²) in [4.78, 5) is 16.7. The van der Waals surface area contributed by atoms with Crippen LogP contribution in [0, 0.1) is 5.92 Å². The van der Waals surface area contributed by atoms with Crippen molar-refractivity contribution in [2.45, 2.75) is 69.1 Å². The molecule has 4 heteroatoms. The normalized spacial score (nSPS) is 46.6. The number of carbonyl (C=O) groups is 1. The monoisotopic (exact) mass is 264 g/mol. The van der Waals surface area contributed by atoms with Crippen LogP contribution >= 0.6 is 0 Å². The number of nitrogens with zero attached hydrogens (tertiary/aromatic N) is 2. The summed E-state index contributed by atoms with van der Waals surface area (Å²) < 4.78 is 0. The van der Waals surface area contributed by atoms with Crippen molar-refractivity contribution in [1.29, 1.82) is 0 Å². The number of rotatable bonds is 2. The van der Waals surface area contributed by atoms with E-state index in [1.807, 2.05) is 0 Å². The average Bonchev–Trinajstić information content (AvgIpc) is 3.10. The molecule has 19 heavy (non-hydrogen) atoms. The van der Waals surface area contributed by atoms with Crippen molar-refractivity contribution in [2.24, 2.45) is 5.92 Å². The van der Waals surface area contributed by atoms with Gasteiger partial charge in [0.2, 0.25) is 0 Å². The highest BCUT2D eigenvalue weighted by Gasteiger charge is 2.52. The van der Waals surface area contributed by atoms with E-state index in [2.05, 4.69) is 9.80 Å². The van der Waals surface area contributed by atoms with Crippen molar-refractivity contribution >= 4 is 5.97 Å². The molecule has 0 aliphatic carbocycles. The highest BCUT2D eigenvalue weighted by molar-refractivity contribution is 5.71. The van der Waals surface area contributed by atoms with Crippen molar-refractivity contribution in [2.75, 3.05) is 13.1 Å². The zero-order chi connectivity index (χ0) is 13.0. The Balaban J connectivity index is 1.49. The lowest BCUT2D eigenvalue weighted by Crippen LogP contribution is -2.49. The molecule has 2 bridgehead atoms. The minimum Gasteiger partial charge on any atom is -0.481 e. The lowest BCUT2D eigenvalue weighted by atomic mass is 9.89. The van der Waals surface area contributed by atoms with E-state index in [-0.39, 0.29) is 5.92 Å². The van der Waals surface area contributed by atoms with E-state index in [9.17, 15) is 9.90 Å². The average molecular weight is 264 g/mol. The molecule has 1 N–H and O–H groups in total. The first-order valence-electron chi connectivity index (χ1n) is 7.98. The molecule has 0 aromatic heterocycles. The van der Waals surface area contributed by atoms with E-state index in [0.29, 0.717) is 18.1 Å². The third kappa shape index (κ3) is 1.83. The van der Waals surface area contributed by atoms with Crippen molar-refractivity contribution in [1.82, 2.24) is 9.80 Å². The molecule has 4 saturated heterocycles. The summed E-state index contributed by atoms with van der Waals surface area (Å²) in [6.07, 6.45) is 8.54. The van der Waals surface area contributed by atoms with Gasteiger partial charge in [-0.25, -0.2) is 0 Å². The molecule has 5 unspecified atom stereocenters. The fourth-order valence-electron chi connectivity index (χ4n) is 5.34. The maximum absolute atomic E-state index is 11.4. The lowest BCUT2D eigenvalue weighted by Gasteiger charge is -2.41. The summed E-state index contributed by atoms with van der Waals surface area (Å²) in [5.74, 6) is -0.643. The van der Waals surface area contributed by atoms with Crippen molar-refractivity contribution in [3.8, 4) is 0 Å². The molecule has 4 aliphatic heterocycles. The lowest BCUT2D eigenvalue weighted by molar-refractivity contribution is -0.142. The van der Waals surface area contributed by atoms with Gasteiger partial charge in [0.15, 0.2) is 0 Å². The van der Waals surface area contributed by atoms with E-state index in [4.69, 9.17) is 0 Å². The van der Waals surface area contributed by atoms with Crippen molar-refractivity contribution in [3.05, 3.63) is 0 Å². The number of aliphatic carboxylic acids is 1. The second-order valence-corrected chi connectivity index (χ2v) is 6.94. The molecule has 4 aliphatic rings. The van der Waals surface area contributed by atoms with Crippen LogP contribution in [-0.2, 0) is 4.79 Å². The molecule has 0 radical (unpaired) electrons. The second-order valence-electron chi connectivity index (χ2n) is 6.94. The molecule has 5 atom stereocenters. The molecule has 0 saturated carbocycles. The Labute approximate surface area is 114 Å². The Morgan fingerprint density at radius 1 is 0.947 bits per heavy atom. The number of carboxylic acids is 1.